The normalized spacial score (nSPS) is 12.3. The van der Waals surface area contributed by atoms with E-state index in [4.69, 9.17) is 9.68 Å². The summed E-state index contributed by atoms with van der Waals surface area (Å²) >= 11 is 0. The Bertz CT molecular complexity index is 579. The smallest absolute Gasteiger partial charge is 0.133 e. The van der Waals surface area contributed by atoms with E-state index in [1.807, 2.05) is 24.6 Å². The van der Waals surface area contributed by atoms with Crippen LogP contribution in [0.5, 0.6) is 0 Å². The number of nitriles is 1. The minimum atomic E-state index is -0.658. The average molecular weight is 259 g/mol. The average Bonchev–Trinajstić information content (AvgIpc) is 3.02. The van der Waals surface area contributed by atoms with Gasteiger partial charge in [-0.25, -0.2) is 0 Å². The molecule has 0 amide bonds. The Labute approximate surface area is 112 Å². The van der Waals surface area contributed by atoms with Gasteiger partial charge in [0.2, 0.25) is 0 Å². The fourth-order valence-electron chi connectivity index (χ4n) is 1.97. The van der Waals surface area contributed by atoms with Gasteiger partial charge in [-0.1, -0.05) is 0 Å². The molecule has 0 bridgehead atoms. The second-order valence-corrected chi connectivity index (χ2v) is 4.47. The largest absolute Gasteiger partial charge is 0.467 e. The number of aliphatic hydroxyl groups is 1. The van der Waals surface area contributed by atoms with Crippen LogP contribution in [0.2, 0.25) is 0 Å². The molecule has 0 radical (unpaired) electrons. The lowest BCUT2D eigenvalue weighted by molar-refractivity contribution is 0.147. The highest BCUT2D eigenvalue weighted by Crippen LogP contribution is 2.14. The quantitative estimate of drug-likeness (QED) is 0.855. The standard InChI is InChI=1S/C14H17N3O2/c1-10-11(6-12(7-15)17(10)2)8-16-9-13(18)14-4-3-5-19-14/h3-6,13,16,18H,8-9H2,1-2H3. The molecule has 0 aliphatic rings. The minimum absolute atomic E-state index is 0.406. The van der Waals surface area contributed by atoms with E-state index in [0.717, 1.165) is 11.3 Å². The number of hydrogen-bond acceptors (Lipinski definition) is 4. The molecule has 2 N–H and O–H groups in total. The number of aromatic nitrogens is 1. The van der Waals surface area contributed by atoms with Crippen LogP contribution in [0.1, 0.15) is 28.8 Å². The maximum atomic E-state index is 9.85. The first-order valence-corrected chi connectivity index (χ1v) is 6.11. The Morgan fingerprint density at radius 3 is 2.95 bits per heavy atom. The lowest BCUT2D eigenvalue weighted by Gasteiger charge is -2.09. The van der Waals surface area contributed by atoms with Gasteiger partial charge in [-0.15, -0.1) is 0 Å². The van der Waals surface area contributed by atoms with Crippen molar-refractivity contribution in [3.05, 3.63) is 47.2 Å². The van der Waals surface area contributed by atoms with E-state index >= 15 is 0 Å². The third-order valence-corrected chi connectivity index (χ3v) is 3.28. The molecule has 2 aromatic heterocycles. The second kappa shape index (κ2) is 5.74. The van der Waals surface area contributed by atoms with Crippen molar-refractivity contribution >= 4 is 0 Å². The van der Waals surface area contributed by atoms with Gasteiger partial charge >= 0.3 is 0 Å². The van der Waals surface area contributed by atoms with E-state index in [1.165, 1.54) is 0 Å². The summed E-state index contributed by atoms with van der Waals surface area (Å²) in [6, 6.07) is 7.50. The maximum Gasteiger partial charge on any atom is 0.133 e. The third-order valence-electron chi connectivity index (χ3n) is 3.28. The highest BCUT2D eigenvalue weighted by Gasteiger charge is 2.11. The van der Waals surface area contributed by atoms with Gasteiger partial charge in [0.1, 0.15) is 23.6 Å². The SMILES string of the molecule is Cc1c(CNCC(O)c2ccco2)cc(C#N)n1C. The number of hydrogen-bond donors (Lipinski definition) is 2. The molecule has 2 aromatic rings. The van der Waals surface area contributed by atoms with E-state index in [1.54, 1.807) is 18.4 Å². The predicted octanol–water partition coefficient (Wildman–Crippen LogP) is 1.62. The summed E-state index contributed by atoms with van der Waals surface area (Å²) in [4.78, 5) is 0. The number of rotatable bonds is 5. The molecule has 2 rings (SSSR count). The molecule has 2 heterocycles. The van der Waals surface area contributed by atoms with Crippen molar-refractivity contribution in [2.75, 3.05) is 6.54 Å². The van der Waals surface area contributed by atoms with Gasteiger partial charge in [0.05, 0.1) is 6.26 Å². The molecule has 1 atom stereocenters. The lowest BCUT2D eigenvalue weighted by Crippen LogP contribution is -2.21. The Balaban J connectivity index is 1.91. The molecule has 19 heavy (non-hydrogen) atoms. The molecule has 0 saturated carbocycles. The predicted molar refractivity (Wildman–Crippen MR) is 70.2 cm³/mol. The molecule has 0 aliphatic carbocycles. The van der Waals surface area contributed by atoms with Crippen LogP contribution >= 0.6 is 0 Å². The van der Waals surface area contributed by atoms with E-state index in [2.05, 4.69) is 11.4 Å². The van der Waals surface area contributed by atoms with Crippen LogP contribution in [-0.2, 0) is 13.6 Å². The summed E-state index contributed by atoms with van der Waals surface area (Å²) < 4.78 is 6.99. The topological polar surface area (TPSA) is 74.1 Å². The zero-order chi connectivity index (χ0) is 13.8. The Morgan fingerprint density at radius 2 is 2.37 bits per heavy atom. The van der Waals surface area contributed by atoms with E-state index < -0.39 is 6.10 Å². The van der Waals surface area contributed by atoms with Gasteiger partial charge in [0, 0.05) is 25.8 Å². The first-order chi connectivity index (χ1) is 9.13. The fraction of sp³-hybridized carbons (Fsp3) is 0.357. The fourth-order valence-corrected chi connectivity index (χ4v) is 1.97. The molecule has 1 unspecified atom stereocenters. The summed E-state index contributed by atoms with van der Waals surface area (Å²) in [7, 11) is 1.87. The van der Waals surface area contributed by atoms with Gasteiger partial charge in [-0.3, -0.25) is 0 Å². The van der Waals surface area contributed by atoms with E-state index in [0.29, 0.717) is 24.5 Å². The van der Waals surface area contributed by atoms with Crippen molar-refractivity contribution in [1.82, 2.24) is 9.88 Å². The zero-order valence-electron chi connectivity index (χ0n) is 11.1. The van der Waals surface area contributed by atoms with Crippen molar-refractivity contribution in [3.63, 3.8) is 0 Å². The van der Waals surface area contributed by atoms with Gasteiger partial charge < -0.3 is 19.4 Å². The molecule has 5 heteroatoms. The number of furan rings is 1. The van der Waals surface area contributed by atoms with Crippen LogP contribution < -0.4 is 5.32 Å². The van der Waals surface area contributed by atoms with Crippen LogP contribution in [0.3, 0.4) is 0 Å². The second-order valence-electron chi connectivity index (χ2n) is 4.47. The number of nitrogens with zero attached hydrogens (tertiary/aromatic N) is 2. The van der Waals surface area contributed by atoms with Crippen molar-refractivity contribution in [3.8, 4) is 6.07 Å². The molecule has 0 aliphatic heterocycles. The van der Waals surface area contributed by atoms with E-state index in [-0.39, 0.29) is 0 Å². The summed E-state index contributed by atoms with van der Waals surface area (Å²) in [6.45, 7) is 2.99. The zero-order valence-corrected chi connectivity index (χ0v) is 11.1. The van der Waals surface area contributed by atoms with Gasteiger partial charge in [-0.05, 0) is 30.7 Å². The summed E-state index contributed by atoms with van der Waals surface area (Å²) in [5.41, 5.74) is 2.75. The molecule has 100 valence electrons. The highest BCUT2D eigenvalue weighted by atomic mass is 16.4. The molecular formula is C14H17N3O2. The van der Waals surface area contributed by atoms with Crippen LogP contribution in [-0.4, -0.2) is 16.2 Å². The van der Waals surface area contributed by atoms with Crippen LogP contribution in [0, 0.1) is 18.3 Å². The highest BCUT2D eigenvalue weighted by molar-refractivity contribution is 5.34. The molecule has 0 spiro atoms. The van der Waals surface area contributed by atoms with Crippen LogP contribution in [0.15, 0.2) is 28.9 Å². The summed E-state index contributed by atoms with van der Waals surface area (Å²) in [6.07, 6.45) is 0.883. The summed E-state index contributed by atoms with van der Waals surface area (Å²) in [5.74, 6) is 0.551. The van der Waals surface area contributed by atoms with Gasteiger partial charge in [0.25, 0.3) is 0 Å². The Hall–Kier alpha value is -2.03. The third kappa shape index (κ3) is 2.87. The van der Waals surface area contributed by atoms with Crippen molar-refractivity contribution < 1.29 is 9.52 Å². The lowest BCUT2D eigenvalue weighted by atomic mass is 10.2. The molecule has 0 saturated heterocycles. The molecule has 0 aromatic carbocycles. The molecular weight excluding hydrogens is 242 g/mol. The first kappa shape index (κ1) is 13.4. The monoisotopic (exact) mass is 259 g/mol. The number of aliphatic hydroxyl groups excluding tert-OH is 1. The summed E-state index contributed by atoms with van der Waals surface area (Å²) in [5, 5.41) is 22.0. The first-order valence-electron chi connectivity index (χ1n) is 6.11. The maximum absolute atomic E-state index is 9.85. The van der Waals surface area contributed by atoms with Gasteiger partial charge in [-0.2, -0.15) is 5.26 Å². The molecule has 0 fully saturated rings. The van der Waals surface area contributed by atoms with Crippen molar-refractivity contribution in [1.29, 1.82) is 5.26 Å². The van der Waals surface area contributed by atoms with Crippen LogP contribution in [0.25, 0.3) is 0 Å². The Kier molecular flexibility index (Phi) is 4.05. The van der Waals surface area contributed by atoms with E-state index in [9.17, 15) is 5.11 Å². The Morgan fingerprint density at radius 1 is 1.58 bits per heavy atom. The number of nitrogens with one attached hydrogen (secondary N) is 1. The van der Waals surface area contributed by atoms with Crippen LogP contribution in [0.4, 0.5) is 0 Å². The van der Waals surface area contributed by atoms with Crippen molar-refractivity contribution in [2.45, 2.75) is 19.6 Å². The minimum Gasteiger partial charge on any atom is -0.467 e. The van der Waals surface area contributed by atoms with Crippen molar-refractivity contribution in [2.24, 2.45) is 7.05 Å². The molecule has 5 nitrogen and oxygen atoms in total. The van der Waals surface area contributed by atoms with Gasteiger partial charge in [0.15, 0.2) is 0 Å².